The van der Waals surface area contributed by atoms with Crippen molar-refractivity contribution in [1.82, 2.24) is 0 Å². The first-order valence-corrected chi connectivity index (χ1v) is 8.80. The van der Waals surface area contributed by atoms with Crippen molar-refractivity contribution in [2.45, 2.75) is 19.3 Å². The van der Waals surface area contributed by atoms with Crippen LogP contribution in [0.15, 0.2) is 59.8 Å². The van der Waals surface area contributed by atoms with Gasteiger partial charge in [-0.25, -0.2) is 9.18 Å². The second-order valence-corrected chi connectivity index (χ2v) is 6.37. The molecule has 1 atom stereocenters. The summed E-state index contributed by atoms with van der Waals surface area (Å²) in [4.78, 5) is 26.9. The zero-order valence-electron chi connectivity index (χ0n) is 14.8. The predicted octanol–water partition coefficient (Wildman–Crippen LogP) is 3.56. The third-order valence-electron chi connectivity index (χ3n) is 4.80. The molecule has 0 N–H and O–H groups in total. The number of esters is 1. The maximum Gasteiger partial charge on any atom is 0.336 e. The predicted molar refractivity (Wildman–Crippen MR) is 96.8 cm³/mol. The molecule has 1 amide bonds. The molecule has 5 nitrogen and oxygen atoms in total. The van der Waals surface area contributed by atoms with Gasteiger partial charge in [-0.3, -0.25) is 9.69 Å². The van der Waals surface area contributed by atoms with Crippen LogP contribution in [0, 0.1) is 5.82 Å². The van der Waals surface area contributed by atoms with Crippen LogP contribution >= 0.6 is 0 Å². The third kappa shape index (κ3) is 2.97. The smallest absolute Gasteiger partial charge is 0.336 e. The molecule has 0 fully saturated rings. The molecular weight excluding hydrogens is 349 g/mol. The van der Waals surface area contributed by atoms with E-state index < -0.39 is 11.9 Å². The van der Waals surface area contributed by atoms with Crippen LogP contribution in [0.4, 0.5) is 10.1 Å². The molecule has 0 bridgehead atoms. The van der Waals surface area contributed by atoms with Crippen LogP contribution in [0.25, 0.3) is 0 Å². The standard InChI is InChI=1S/C21H18FNO4/c1-2-26-18-6-4-3-5-15(18)16-11-19(24)23(14-9-7-13(22)8-10-14)17-12-27-21(25)20(16)17/h3-10,16H,2,11-12H2,1H3/t16-/m1/s1. The molecule has 0 radical (unpaired) electrons. The molecular formula is C21H18FNO4. The Morgan fingerprint density at radius 1 is 1.15 bits per heavy atom. The Morgan fingerprint density at radius 2 is 1.89 bits per heavy atom. The highest BCUT2D eigenvalue weighted by Crippen LogP contribution is 2.44. The quantitative estimate of drug-likeness (QED) is 0.776. The fourth-order valence-corrected chi connectivity index (χ4v) is 3.66. The minimum absolute atomic E-state index is 0.0184. The average molecular weight is 367 g/mol. The van der Waals surface area contributed by atoms with Crippen molar-refractivity contribution < 1.29 is 23.5 Å². The van der Waals surface area contributed by atoms with Crippen LogP contribution < -0.4 is 9.64 Å². The molecule has 0 saturated heterocycles. The van der Waals surface area contributed by atoms with E-state index in [0.29, 0.717) is 29.3 Å². The molecule has 4 rings (SSSR count). The summed E-state index contributed by atoms with van der Waals surface area (Å²) in [6.07, 6.45) is 0.107. The summed E-state index contributed by atoms with van der Waals surface area (Å²) in [7, 11) is 0. The van der Waals surface area contributed by atoms with Gasteiger partial charge >= 0.3 is 5.97 Å². The van der Waals surface area contributed by atoms with Crippen LogP contribution in [0.3, 0.4) is 0 Å². The fourth-order valence-electron chi connectivity index (χ4n) is 3.66. The number of ether oxygens (including phenoxy) is 2. The third-order valence-corrected chi connectivity index (χ3v) is 4.80. The van der Waals surface area contributed by atoms with Gasteiger partial charge in [-0.2, -0.15) is 0 Å². The molecule has 0 aromatic heterocycles. The average Bonchev–Trinajstić information content (AvgIpc) is 3.05. The molecule has 138 valence electrons. The number of halogens is 1. The lowest BCUT2D eigenvalue weighted by Gasteiger charge is -2.32. The monoisotopic (exact) mass is 367 g/mol. The van der Waals surface area contributed by atoms with E-state index in [0.717, 1.165) is 5.56 Å². The molecule has 0 unspecified atom stereocenters. The van der Waals surface area contributed by atoms with E-state index in [1.807, 2.05) is 31.2 Å². The van der Waals surface area contributed by atoms with Crippen LogP contribution in [-0.2, 0) is 14.3 Å². The highest BCUT2D eigenvalue weighted by Gasteiger charge is 2.43. The number of rotatable bonds is 4. The number of anilines is 1. The molecule has 0 aliphatic carbocycles. The summed E-state index contributed by atoms with van der Waals surface area (Å²) >= 11 is 0. The van der Waals surface area contributed by atoms with Gasteiger partial charge in [-0.05, 0) is 37.3 Å². The fraction of sp³-hybridized carbons (Fsp3) is 0.238. The molecule has 2 aromatic carbocycles. The summed E-state index contributed by atoms with van der Waals surface area (Å²) in [5.41, 5.74) is 2.28. The van der Waals surface area contributed by atoms with Gasteiger partial charge in [0, 0.05) is 23.6 Å². The second-order valence-electron chi connectivity index (χ2n) is 6.37. The Hall–Kier alpha value is -3.15. The molecule has 2 heterocycles. The van der Waals surface area contributed by atoms with E-state index >= 15 is 0 Å². The first kappa shape index (κ1) is 17.3. The van der Waals surface area contributed by atoms with Gasteiger partial charge in [0.1, 0.15) is 18.2 Å². The number of cyclic esters (lactones) is 1. The molecule has 27 heavy (non-hydrogen) atoms. The summed E-state index contributed by atoms with van der Waals surface area (Å²) in [6.45, 7) is 2.38. The van der Waals surface area contributed by atoms with Gasteiger partial charge < -0.3 is 9.47 Å². The maximum atomic E-state index is 13.3. The van der Waals surface area contributed by atoms with Crippen LogP contribution in [-0.4, -0.2) is 25.1 Å². The van der Waals surface area contributed by atoms with Gasteiger partial charge in [-0.1, -0.05) is 18.2 Å². The summed E-state index contributed by atoms with van der Waals surface area (Å²) in [6, 6.07) is 13.0. The molecule has 2 aliphatic heterocycles. The molecule has 6 heteroatoms. The van der Waals surface area contributed by atoms with Crippen molar-refractivity contribution in [2.24, 2.45) is 0 Å². The van der Waals surface area contributed by atoms with Crippen molar-refractivity contribution >= 4 is 17.6 Å². The van der Waals surface area contributed by atoms with E-state index in [-0.39, 0.29) is 24.8 Å². The largest absolute Gasteiger partial charge is 0.494 e. The number of carbonyl (C=O) groups is 2. The molecule has 0 spiro atoms. The normalized spacial score (nSPS) is 19.2. The number of hydrogen-bond acceptors (Lipinski definition) is 4. The SMILES string of the molecule is CCOc1ccccc1[C@H]1CC(=O)N(c2ccc(F)cc2)C2=C1C(=O)OC2. The molecule has 0 saturated carbocycles. The highest BCUT2D eigenvalue weighted by atomic mass is 19.1. The van der Waals surface area contributed by atoms with Gasteiger partial charge in [0.15, 0.2) is 0 Å². The summed E-state index contributed by atoms with van der Waals surface area (Å²) in [5, 5.41) is 0. The first-order valence-electron chi connectivity index (χ1n) is 8.80. The van der Waals surface area contributed by atoms with Crippen molar-refractivity contribution in [3.05, 3.63) is 71.2 Å². The zero-order valence-corrected chi connectivity index (χ0v) is 14.8. The second kappa shape index (κ2) is 6.87. The van der Waals surface area contributed by atoms with Crippen molar-refractivity contribution in [3.63, 3.8) is 0 Å². The van der Waals surface area contributed by atoms with Gasteiger partial charge in [0.2, 0.25) is 5.91 Å². The number of nitrogens with zero attached hydrogens (tertiary/aromatic N) is 1. The molecule has 2 aliphatic rings. The topological polar surface area (TPSA) is 55.8 Å². The Bertz CT molecular complexity index is 935. The van der Waals surface area contributed by atoms with E-state index in [1.54, 1.807) is 0 Å². The Morgan fingerprint density at radius 3 is 2.63 bits per heavy atom. The van der Waals surface area contributed by atoms with E-state index in [1.165, 1.54) is 29.2 Å². The minimum atomic E-state index is -0.430. The van der Waals surface area contributed by atoms with E-state index in [4.69, 9.17) is 9.47 Å². The minimum Gasteiger partial charge on any atom is -0.494 e. The lowest BCUT2D eigenvalue weighted by atomic mass is 9.83. The number of carbonyl (C=O) groups excluding carboxylic acids is 2. The first-order chi connectivity index (χ1) is 13.1. The number of hydrogen-bond donors (Lipinski definition) is 0. The number of para-hydroxylation sites is 1. The number of amides is 1. The van der Waals surface area contributed by atoms with Crippen molar-refractivity contribution in [3.8, 4) is 5.75 Å². The van der Waals surface area contributed by atoms with Crippen molar-refractivity contribution in [1.29, 1.82) is 0 Å². The Balaban J connectivity index is 1.82. The highest BCUT2D eigenvalue weighted by molar-refractivity contribution is 6.06. The lowest BCUT2D eigenvalue weighted by molar-refractivity contribution is -0.136. The van der Waals surface area contributed by atoms with Crippen LogP contribution in [0.2, 0.25) is 0 Å². The van der Waals surface area contributed by atoms with Crippen LogP contribution in [0.5, 0.6) is 5.75 Å². The number of benzene rings is 2. The summed E-state index contributed by atoms with van der Waals surface area (Å²) in [5.74, 6) is -0.767. The van der Waals surface area contributed by atoms with E-state index in [2.05, 4.69) is 0 Å². The van der Waals surface area contributed by atoms with Gasteiger partial charge in [0.05, 0.1) is 17.9 Å². The molecule has 2 aromatic rings. The maximum absolute atomic E-state index is 13.3. The van der Waals surface area contributed by atoms with Gasteiger partial charge in [-0.15, -0.1) is 0 Å². The Labute approximate surface area is 156 Å². The van der Waals surface area contributed by atoms with Gasteiger partial charge in [0.25, 0.3) is 0 Å². The van der Waals surface area contributed by atoms with E-state index in [9.17, 15) is 14.0 Å². The summed E-state index contributed by atoms with van der Waals surface area (Å²) < 4.78 is 24.2. The Kier molecular flexibility index (Phi) is 4.39. The van der Waals surface area contributed by atoms with Crippen molar-refractivity contribution in [2.75, 3.05) is 18.1 Å². The lowest BCUT2D eigenvalue weighted by Crippen LogP contribution is -2.37. The van der Waals surface area contributed by atoms with Crippen LogP contribution in [0.1, 0.15) is 24.8 Å². The zero-order chi connectivity index (χ0) is 19.0.